The molecule has 0 aliphatic heterocycles. The van der Waals surface area contributed by atoms with Gasteiger partial charge in [0.25, 0.3) is 0 Å². The highest BCUT2D eigenvalue weighted by atomic mass is 32.2. The van der Waals surface area contributed by atoms with Crippen LogP contribution in [0, 0.1) is 10.8 Å². The number of nitrogens with one attached hydrogen (secondary N) is 4. The molecule has 300 valence electrons. The lowest BCUT2D eigenvalue weighted by Gasteiger charge is -2.41. The molecule has 7 atom stereocenters. The first-order valence-electron chi connectivity index (χ1n) is 18.4. The predicted molar refractivity (Wildman–Crippen MR) is 213 cm³/mol. The summed E-state index contributed by atoms with van der Waals surface area (Å²) in [7, 11) is -1.95. The Hall–Kier alpha value is -3.47. The minimum absolute atomic E-state index is 0.135. The molecule has 14 heteroatoms. The average Bonchev–Trinajstić information content (AvgIpc) is 3.07. The average molecular weight is 771 g/mol. The van der Waals surface area contributed by atoms with Crippen molar-refractivity contribution in [3.8, 4) is 11.3 Å². The Bertz CT molecular complexity index is 1670. The van der Waals surface area contributed by atoms with Gasteiger partial charge in [0.15, 0.2) is 0 Å². The highest BCUT2D eigenvalue weighted by Crippen LogP contribution is 2.28. The maximum atomic E-state index is 12.1. The number of aliphatic hydroxyl groups is 3. The molecule has 0 radical (unpaired) electrons. The molecule has 1 heterocycles. The number of aromatic nitrogens is 1. The van der Waals surface area contributed by atoms with Gasteiger partial charge in [-0.25, -0.2) is 17.9 Å². The summed E-state index contributed by atoms with van der Waals surface area (Å²) in [4.78, 5) is 17.6. The van der Waals surface area contributed by atoms with Gasteiger partial charge in [-0.2, -0.15) is 0 Å². The number of carboxylic acid groups (broad SMARTS) is 1. The lowest BCUT2D eigenvalue weighted by Crippen LogP contribution is -2.61. The molecule has 0 spiro atoms. The summed E-state index contributed by atoms with van der Waals surface area (Å²) in [6.45, 7) is 11.9. The highest BCUT2D eigenvalue weighted by Gasteiger charge is 2.39. The molecule has 0 fully saturated rings. The van der Waals surface area contributed by atoms with Gasteiger partial charge in [0.2, 0.25) is 10.0 Å². The fourth-order valence-corrected chi connectivity index (χ4v) is 7.33. The first-order valence-corrected chi connectivity index (χ1v) is 20.3. The number of rotatable bonds is 20. The molecule has 1 aromatic heterocycles. The van der Waals surface area contributed by atoms with Crippen molar-refractivity contribution in [1.29, 1.82) is 0 Å². The number of nitrogens with zero attached hydrogens (tertiary/aromatic N) is 2. The van der Waals surface area contributed by atoms with Crippen LogP contribution >= 0.6 is 0 Å². The molecule has 13 nitrogen and oxygen atoms in total. The van der Waals surface area contributed by atoms with Gasteiger partial charge in [-0.1, -0.05) is 102 Å². The summed E-state index contributed by atoms with van der Waals surface area (Å²) in [5.41, 5.74) is 2.53. The summed E-state index contributed by atoms with van der Waals surface area (Å²) < 4.78 is 25.7. The van der Waals surface area contributed by atoms with Gasteiger partial charge in [0.1, 0.15) is 12.5 Å². The summed E-state index contributed by atoms with van der Waals surface area (Å²) in [6.07, 6.45) is -0.922. The zero-order chi connectivity index (χ0) is 40.3. The molecule has 8 N–H and O–H groups in total. The third-order valence-corrected chi connectivity index (χ3v) is 10.2. The summed E-state index contributed by atoms with van der Waals surface area (Å²) >= 11 is 0. The van der Waals surface area contributed by atoms with E-state index in [0.717, 1.165) is 33.5 Å². The molecule has 0 bridgehead atoms. The minimum atomic E-state index is -3.38. The Morgan fingerprint density at radius 2 is 1.41 bits per heavy atom. The van der Waals surface area contributed by atoms with E-state index in [1.165, 1.54) is 7.05 Å². The third kappa shape index (κ3) is 14.6. The number of hydrogen-bond acceptors (Lipinski definition) is 10. The van der Waals surface area contributed by atoms with Crippen molar-refractivity contribution in [2.45, 2.75) is 104 Å². The van der Waals surface area contributed by atoms with Crippen molar-refractivity contribution in [3.05, 3.63) is 90.1 Å². The van der Waals surface area contributed by atoms with Crippen LogP contribution in [-0.2, 0) is 22.9 Å². The van der Waals surface area contributed by atoms with E-state index in [1.54, 1.807) is 6.20 Å². The van der Waals surface area contributed by atoms with Crippen LogP contribution in [0.15, 0.2) is 79.0 Å². The predicted octanol–water partition coefficient (Wildman–Crippen LogP) is 3.42. The van der Waals surface area contributed by atoms with Crippen LogP contribution in [0.1, 0.15) is 59.1 Å². The highest BCUT2D eigenvalue weighted by molar-refractivity contribution is 7.88. The van der Waals surface area contributed by atoms with Crippen molar-refractivity contribution in [2.75, 3.05) is 26.4 Å². The maximum Gasteiger partial charge on any atom is 0.407 e. The van der Waals surface area contributed by atoms with Gasteiger partial charge < -0.3 is 30.6 Å². The molecule has 2 unspecified atom stereocenters. The fraction of sp³-hybridized carbons (Fsp3) is 0.550. The van der Waals surface area contributed by atoms with E-state index in [-0.39, 0.29) is 19.5 Å². The third-order valence-electron chi connectivity index (χ3n) is 9.48. The molecule has 2 aromatic carbocycles. The van der Waals surface area contributed by atoms with Crippen molar-refractivity contribution < 1.29 is 33.6 Å². The van der Waals surface area contributed by atoms with E-state index in [0.29, 0.717) is 12.8 Å². The molecule has 0 saturated heterocycles. The van der Waals surface area contributed by atoms with Crippen molar-refractivity contribution >= 4 is 16.1 Å². The number of hydrogen-bond donors (Lipinski definition) is 8. The lowest BCUT2D eigenvalue weighted by atomic mass is 9.84. The largest absolute Gasteiger partial charge is 0.465 e. The molecule has 3 rings (SSSR count). The Morgan fingerprint density at radius 3 is 1.94 bits per heavy atom. The topological polar surface area (TPSA) is 196 Å². The monoisotopic (exact) mass is 770 g/mol. The van der Waals surface area contributed by atoms with Crippen LogP contribution in [-0.4, -0.2) is 114 Å². The van der Waals surface area contributed by atoms with E-state index in [9.17, 15) is 33.6 Å². The van der Waals surface area contributed by atoms with Gasteiger partial charge in [-0.05, 0) is 53.4 Å². The normalized spacial score (nSPS) is 16.5. The maximum absolute atomic E-state index is 12.1. The molecule has 54 heavy (non-hydrogen) atoms. The van der Waals surface area contributed by atoms with Crippen molar-refractivity contribution in [1.82, 2.24) is 30.6 Å². The molecule has 0 aliphatic rings. The van der Waals surface area contributed by atoms with Crippen LogP contribution in [0.5, 0.6) is 0 Å². The number of amides is 1. The number of likely N-dealkylation sites (N-methyl/N-ethyl adjacent to an activating group) is 1. The van der Waals surface area contributed by atoms with E-state index < -0.39 is 69.7 Å². The Kier molecular flexibility index (Phi) is 16.6. The lowest BCUT2D eigenvalue weighted by molar-refractivity contribution is -0.0227. The summed E-state index contributed by atoms with van der Waals surface area (Å²) in [5.74, 6) is 0. The number of benzene rings is 2. The summed E-state index contributed by atoms with van der Waals surface area (Å²) in [6, 6.07) is 20.7. The Morgan fingerprint density at radius 1 is 0.796 bits per heavy atom. The molecule has 0 saturated carbocycles. The van der Waals surface area contributed by atoms with Gasteiger partial charge >= 0.3 is 6.09 Å². The van der Waals surface area contributed by atoms with Gasteiger partial charge in [0.05, 0.1) is 30.1 Å². The first kappa shape index (κ1) is 44.9. The van der Waals surface area contributed by atoms with Crippen molar-refractivity contribution in [3.63, 3.8) is 0 Å². The quantitative estimate of drug-likeness (QED) is 0.0620. The second-order valence-corrected chi connectivity index (χ2v) is 18.1. The zero-order valence-corrected chi connectivity index (χ0v) is 33.7. The molecule has 3 aromatic rings. The number of pyridine rings is 1. The van der Waals surface area contributed by atoms with Crippen molar-refractivity contribution in [2.24, 2.45) is 10.8 Å². The van der Waals surface area contributed by atoms with Gasteiger partial charge in [-0.15, -0.1) is 0 Å². The fourth-order valence-electron chi connectivity index (χ4n) is 6.86. The van der Waals surface area contributed by atoms with Crippen LogP contribution < -0.4 is 20.7 Å². The van der Waals surface area contributed by atoms with Crippen LogP contribution in [0.4, 0.5) is 4.79 Å². The molecule has 1 amide bonds. The number of carbonyl (C=O) groups is 1. The number of sulfonamides is 1. The first-order chi connectivity index (χ1) is 25.2. The zero-order valence-electron chi connectivity index (χ0n) is 32.9. The summed E-state index contributed by atoms with van der Waals surface area (Å²) in [5, 5.41) is 55.1. The minimum Gasteiger partial charge on any atom is -0.465 e. The van der Waals surface area contributed by atoms with E-state index in [4.69, 9.17) is 0 Å². The smallest absolute Gasteiger partial charge is 0.407 e. The molecular formula is C40H62N6O7S. The van der Waals surface area contributed by atoms with Gasteiger partial charge in [-0.3, -0.25) is 15.6 Å². The van der Waals surface area contributed by atoms with Crippen LogP contribution in [0.25, 0.3) is 11.3 Å². The van der Waals surface area contributed by atoms with E-state index >= 15 is 0 Å². The SMILES string of the molecule is CN(C(=O)O)[C@H](C(O)N[C@H](Cc1ccc(-c2ccccn2)cc1)C[C@H](O)[C@H](Cc1ccccc1)NC(O)[C@@H](NCCNS(C)(=O)=O)C(C)(C)C)C(C)(C)C. The Balaban J connectivity index is 1.94. The molecular weight excluding hydrogens is 709 g/mol. The molecule has 0 aliphatic carbocycles. The second kappa shape index (κ2) is 19.9. The second-order valence-electron chi connectivity index (χ2n) is 16.3. The van der Waals surface area contributed by atoms with E-state index in [2.05, 4.69) is 25.7 Å². The Labute approximate surface area is 321 Å². The number of aliphatic hydroxyl groups excluding tert-OH is 3. The van der Waals surface area contributed by atoms with Crippen LogP contribution in [0.2, 0.25) is 0 Å². The van der Waals surface area contributed by atoms with E-state index in [1.807, 2.05) is 114 Å². The van der Waals surface area contributed by atoms with Crippen LogP contribution in [0.3, 0.4) is 0 Å². The standard InChI is InChI=1S/C40H62N6O7S/c1-39(2,3)34(42-22-23-43-54(8,52)53)36(48)45-32(25-27-14-10-9-11-15-27)33(47)26-30(44-37(49)35(40(4,5)6)46(7)38(50)51)24-28-17-19-29(20-18-28)31-16-12-13-21-41-31/h9-21,30,32-37,42-45,47-49H,22-26H2,1-8H3,(H,50,51)/t30-,32+,33+,34-,35-,36?,37?/m1/s1. The van der Waals surface area contributed by atoms with Gasteiger partial charge in [0, 0.05) is 44.0 Å².